The molecule has 1 amide bonds. The van der Waals surface area contributed by atoms with Crippen molar-refractivity contribution in [1.29, 1.82) is 0 Å². The van der Waals surface area contributed by atoms with Gasteiger partial charge in [0.2, 0.25) is 0 Å². The number of halogens is 4. The Kier molecular flexibility index (Phi) is 3.59. The van der Waals surface area contributed by atoms with Crippen molar-refractivity contribution in [3.63, 3.8) is 0 Å². The highest BCUT2D eigenvalue weighted by molar-refractivity contribution is 5.96. The fourth-order valence-corrected chi connectivity index (χ4v) is 1.22. The lowest BCUT2D eigenvalue weighted by molar-refractivity contribution is -0.170. The number of benzene rings is 1. The van der Waals surface area contributed by atoms with Gasteiger partial charge in [0, 0.05) is 19.8 Å². The first-order chi connectivity index (χ1) is 7.77. The highest BCUT2D eigenvalue weighted by atomic mass is 19.4. The molecular weight excluding hydrogens is 240 g/mol. The minimum absolute atomic E-state index is 0.140. The van der Waals surface area contributed by atoms with E-state index >= 15 is 0 Å². The number of rotatable bonds is 2. The number of nitrogens with zero attached hydrogens (tertiary/aromatic N) is 1. The van der Waals surface area contributed by atoms with Gasteiger partial charge in [-0.05, 0) is 18.2 Å². The molecule has 0 spiro atoms. The zero-order valence-corrected chi connectivity index (χ0v) is 9.10. The van der Waals surface area contributed by atoms with Crippen LogP contribution in [0.1, 0.15) is 0 Å². The molecule has 1 rings (SSSR count). The minimum atomic E-state index is -4.98. The fourth-order valence-electron chi connectivity index (χ4n) is 1.22. The summed E-state index contributed by atoms with van der Waals surface area (Å²) in [6.07, 6.45) is -4.98. The van der Waals surface area contributed by atoms with Crippen LogP contribution in [0.5, 0.6) is 0 Å². The van der Waals surface area contributed by atoms with Crippen LogP contribution in [0.15, 0.2) is 18.2 Å². The maximum atomic E-state index is 13.3. The van der Waals surface area contributed by atoms with Gasteiger partial charge in [0.25, 0.3) is 0 Å². The van der Waals surface area contributed by atoms with E-state index in [9.17, 15) is 22.4 Å². The Hall–Kier alpha value is -1.79. The van der Waals surface area contributed by atoms with Crippen molar-refractivity contribution in [3.8, 4) is 0 Å². The largest absolute Gasteiger partial charge is 0.471 e. The van der Waals surface area contributed by atoms with E-state index in [2.05, 4.69) is 5.32 Å². The third kappa shape index (κ3) is 2.86. The topological polar surface area (TPSA) is 32.3 Å². The highest BCUT2D eigenvalue weighted by Gasteiger charge is 2.41. The summed E-state index contributed by atoms with van der Waals surface area (Å²) in [5.74, 6) is -2.78. The molecule has 0 heterocycles. The van der Waals surface area contributed by atoms with Crippen LogP contribution >= 0.6 is 0 Å². The fraction of sp³-hybridized carbons (Fsp3) is 0.300. The molecule has 3 nitrogen and oxygen atoms in total. The summed E-state index contributed by atoms with van der Waals surface area (Å²) in [7, 11) is 2.41. The van der Waals surface area contributed by atoms with Crippen LogP contribution in [0.2, 0.25) is 0 Å². The van der Waals surface area contributed by atoms with Crippen LogP contribution in [0, 0.1) is 5.82 Å². The second kappa shape index (κ2) is 4.60. The molecule has 1 aromatic rings. The second-order valence-electron chi connectivity index (χ2n) is 3.28. The zero-order chi connectivity index (χ0) is 13.2. The van der Waals surface area contributed by atoms with Crippen LogP contribution < -0.4 is 10.2 Å². The number of nitrogens with one attached hydrogen (secondary N) is 1. The van der Waals surface area contributed by atoms with Crippen LogP contribution in [0.25, 0.3) is 0 Å². The summed E-state index contributed by atoms with van der Waals surface area (Å²) in [6, 6.07) is 3.33. The molecule has 0 aliphatic carbocycles. The van der Waals surface area contributed by atoms with Crippen LogP contribution in [0.4, 0.5) is 28.9 Å². The van der Waals surface area contributed by atoms with Gasteiger partial charge < -0.3 is 10.2 Å². The Labute approximate surface area is 95.0 Å². The van der Waals surface area contributed by atoms with Gasteiger partial charge in [-0.15, -0.1) is 0 Å². The number of hydrogen-bond donors (Lipinski definition) is 1. The van der Waals surface area contributed by atoms with Crippen molar-refractivity contribution in [2.24, 2.45) is 0 Å². The van der Waals surface area contributed by atoms with E-state index in [0.717, 1.165) is 13.1 Å². The summed E-state index contributed by atoms with van der Waals surface area (Å²) >= 11 is 0. The number of alkyl halides is 3. The van der Waals surface area contributed by atoms with Gasteiger partial charge in [0.05, 0.1) is 5.69 Å². The number of carbonyl (C=O) groups is 1. The molecule has 0 aromatic heterocycles. The molecule has 0 fully saturated rings. The first kappa shape index (κ1) is 13.3. The Morgan fingerprint density at radius 2 is 1.94 bits per heavy atom. The highest BCUT2D eigenvalue weighted by Crippen LogP contribution is 2.25. The third-order valence-electron chi connectivity index (χ3n) is 2.16. The maximum absolute atomic E-state index is 13.3. The molecule has 0 radical (unpaired) electrons. The van der Waals surface area contributed by atoms with Gasteiger partial charge in [-0.25, -0.2) is 4.39 Å². The Morgan fingerprint density at radius 3 is 2.35 bits per heavy atom. The average Bonchev–Trinajstić information content (AvgIpc) is 2.25. The van der Waals surface area contributed by atoms with Gasteiger partial charge in [-0.2, -0.15) is 13.2 Å². The first-order valence-corrected chi connectivity index (χ1v) is 4.59. The predicted octanol–water partition coefficient (Wildman–Crippen LogP) is 2.39. The van der Waals surface area contributed by atoms with Gasteiger partial charge in [0.1, 0.15) is 5.82 Å². The van der Waals surface area contributed by atoms with Crippen molar-refractivity contribution in [3.05, 3.63) is 24.0 Å². The average molecular weight is 250 g/mol. The smallest absolute Gasteiger partial charge is 0.386 e. The van der Waals surface area contributed by atoms with Gasteiger partial charge >= 0.3 is 12.1 Å². The Morgan fingerprint density at radius 1 is 1.35 bits per heavy atom. The summed E-state index contributed by atoms with van der Waals surface area (Å²) in [4.78, 5) is 11.2. The number of carbonyl (C=O) groups excluding carboxylic acids is 1. The van der Waals surface area contributed by atoms with Crippen molar-refractivity contribution in [1.82, 2.24) is 0 Å². The van der Waals surface area contributed by atoms with E-state index in [1.807, 2.05) is 0 Å². The van der Waals surface area contributed by atoms with Crippen LogP contribution in [0.3, 0.4) is 0 Å². The van der Waals surface area contributed by atoms with Crippen molar-refractivity contribution in [2.45, 2.75) is 6.18 Å². The summed E-state index contributed by atoms with van der Waals surface area (Å²) in [5, 5.41) is 2.52. The molecule has 0 aliphatic heterocycles. The third-order valence-corrected chi connectivity index (χ3v) is 2.16. The number of amides is 1. The molecule has 7 heteroatoms. The van der Waals surface area contributed by atoms with E-state index in [1.54, 1.807) is 0 Å². The molecule has 0 atom stereocenters. The second-order valence-corrected chi connectivity index (χ2v) is 3.28. The summed E-state index contributed by atoms with van der Waals surface area (Å²) in [5.41, 5.74) is -0.0227. The lowest BCUT2D eigenvalue weighted by Gasteiger charge is -2.19. The van der Waals surface area contributed by atoms with E-state index in [0.29, 0.717) is 4.90 Å². The van der Waals surface area contributed by atoms with Gasteiger partial charge in [-0.3, -0.25) is 4.79 Å². The summed E-state index contributed by atoms with van der Waals surface area (Å²) < 4.78 is 49.7. The van der Waals surface area contributed by atoms with Crippen LogP contribution in [-0.2, 0) is 4.79 Å². The molecule has 1 N–H and O–H groups in total. The lowest BCUT2D eigenvalue weighted by Crippen LogP contribution is -2.38. The SMILES string of the molecule is CNc1ccc(N(C)C(=O)C(F)(F)F)cc1F. The van der Waals surface area contributed by atoms with Crippen molar-refractivity contribution in [2.75, 3.05) is 24.3 Å². The maximum Gasteiger partial charge on any atom is 0.471 e. The number of anilines is 2. The standard InChI is InChI=1S/C10H10F4N2O/c1-15-8-4-3-6(5-7(8)11)16(2)9(17)10(12,13)14/h3-5,15H,1-2H3. The minimum Gasteiger partial charge on any atom is -0.386 e. The Balaban J connectivity index is 3.02. The quantitative estimate of drug-likeness (QED) is 0.817. The Bertz CT molecular complexity index is 431. The van der Waals surface area contributed by atoms with E-state index < -0.39 is 17.9 Å². The van der Waals surface area contributed by atoms with Crippen molar-refractivity contribution < 1.29 is 22.4 Å². The molecule has 94 valence electrons. The monoisotopic (exact) mass is 250 g/mol. The summed E-state index contributed by atoms with van der Waals surface area (Å²) in [6.45, 7) is 0. The van der Waals surface area contributed by atoms with E-state index in [-0.39, 0.29) is 11.4 Å². The normalized spacial score (nSPS) is 11.2. The van der Waals surface area contributed by atoms with E-state index in [4.69, 9.17) is 0 Å². The zero-order valence-electron chi connectivity index (χ0n) is 9.10. The first-order valence-electron chi connectivity index (χ1n) is 4.59. The number of hydrogen-bond acceptors (Lipinski definition) is 2. The van der Waals surface area contributed by atoms with Gasteiger partial charge in [-0.1, -0.05) is 0 Å². The molecule has 1 aromatic carbocycles. The molecular formula is C10H10F4N2O. The predicted molar refractivity (Wildman–Crippen MR) is 55.4 cm³/mol. The molecule has 0 aliphatic rings. The van der Waals surface area contributed by atoms with Crippen LogP contribution in [-0.4, -0.2) is 26.2 Å². The molecule has 17 heavy (non-hydrogen) atoms. The molecule has 0 unspecified atom stereocenters. The molecule has 0 saturated heterocycles. The molecule has 0 saturated carbocycles. The lowest BCUT2D eigenvalue weighted by atomic mass is 10.2. The van der Waals surface area contributed by atoms with E-state index in [1.165, 1.54) is 19.2 Å². The van der Waals surface area contributed by atoms with Crippen molar-refractivity contribution >= 4 is 17.3 Å². The molecule has 0 bridgehead atoms. The van der Waals surface area contributed by atoms with Gasteiger partial charge in [0.15, 0.2) is 0 Å².